The van der Waals surface area contributed by atoms with Crippen LogP contribution in [-0.2, 0) is 17.6 Å². The molecule has 0 bridgehead atoms. The number of thiophene rings is 1. The normalized spacial score (nSPS) is 16.7. The van der Waals surface area contributed by atoms with Crippen molar-refractivity contribution < 1.29 is 9.21 Å². The molecule has 1 fully saturated rings. The summed E-state index contributed by atoms with van der Waals surface area (Å²) in [7, 11) is 0. The number of fused-ring (bicyclic) bond motifs is 3. The molecule has 0 aromatic carbocycles. The van der Waals surface area contributed by atoms with Crippen LogP contribution in [0.15, 0.2) is 14.4 Å². The smallest absolute Gasteiger partial charge is 0.322 e. The number of hydrogen-bond donors (Lipinski definition) is 1. The molecular weight excluding hydrogens is 446 g/mol. The summed E-state index contributed by atoms with van der Waals surface area (Å²) in [5, 5.41) is 11.9. The van der Waals surface area contributed by atoms with Gasteiger partial charge in [0.05, 0.1) is 11.1 Å². The molecule has 0 atom stereocenters. The minimum atomic E-state index is -0.258. The number of amides is 1. The van der Waals surface area contributed by atoms with E-state index in [0.717, 1.165) is 55.2 Å². The van der Waals surface area contributed by atoms with Gasteiger partial charge in [0, 0.05) is 16.8 Å². The lowest BCUT2D eigenvalue weighted by molar-refractivity contribution is -0.113. The fourth-order valence-electron chi connectivity index (χ4n) is 4.59. The Bertz CT molecular complexity index is 1210. The van der Waals surface area contributed by atoms with Crippen molar-refractivity contribution >= 4 is 45.2 Å². The van der Waals surface area contributed by atoms with Crippen LogP contribution in [0.3, 0.4) is 0 Å². The Morgan fingerprint density at radius 2 is 2.00 bits per heavy atom. The monoisotopic (exact) mass is 473 g/mol. The number of nitrogens with zero attached hydrogens (tertiary/aromatic N) is 4. The minimum Gasteiger partial charge on any atom is -0.408 e. The molecule has 0 spiro atoms. The molecular formula is C22H27N5O3S2. The Kier molecular flexibility index (Phi) is 6.07. The van der Waals surface area contributed by atoms with Crippen LogP contribution in [0.4, 0.5) is 6.01 Å². The molecule has 170 valence electrons. The highest BCUT2D eigenvalue weighted by Crippen LogP contribution is 2.37. The summed E-state index contributed by atoms with van der Waals surface area (Å²) in [5.74, 6) is 0.439. The number of aryl methyl sites for hydroxylation is 2. The molecule has 8 nitrogen and oxygen atoms in total. The third-order valence-electron chi connectivity index (χ3n) is 6.19. The van der Waals surface area contributed by atoms with Gasteiger partial charge in [0.1, 0.15) is 4.83 Å². The van der Waals surface area contributed by atoms with E-state index in [1.165, 1.54) is 28.6 Å². The second-order valence-electron chi connectivity index (χ2n) is 8.84. The maximum atomic E-state index is 13.7. The van der Waals surface area contributed by atoms with Gasteiger partial charge in [-0.1, -0.05) is 43.5 Å². The van der Waals surface area contributed by atoms with Gasteiger partial charge >= 0.3 is 6.01 Å². The van der Waals surface area contributed by atoms with E-state index in [1.54, 1.807) is 11.3 Å². The van der Waals surface area contributed by atoms with Crippen LogP contribution in [0.1, 0.15) is 80.7 Å². The first-order valence-electron chi connectivity index (χ1n) is 11.3. The molecule has 32 heavy (non-hydrogen) atoms. The van der Waals surface area contributed by atoms with Gasteiger partial charge in [-0.2, -0.15) is 0 Å². The first-order valence-corrected chi connectivity index (χ1v) is 13.1. The number of nitrogens with one attached hydrogen (secondary N) is 1. The molecule has 1 amide bonds. The van der Waals surface area contributed by atoms with Crippen LogP contribution >= 0.6 is 23.1 Å². The standard InChI is InChI=1S/C22H27N5O3S2/c1-12(2)18-25-26-21(30-18)23-16(28)11-31-22-24-19-17(14-9-5-6-10-15(14)32-19)20(29)27(22)13-7-3-4-8-13/h12-13H,3-11H2,1-2H3,(H,23,26,28). The van der Waals surface area contributed by atoms with E-state index in [1.807, 2.05) is 18.4 Å². The summed E-state index contributed by atoms with van der Waals surface area (Å²) >= 11 is 2.96. The summed E-state index contributed by atoms with van der Waals surface area (Å²) in [6.07, 6.45) is 8.52. The van der Waals surface area contributed by atoms with Crippen molar-refractivity contribution in [1.82, 2.24) is 19.7 Å². The number of carbonyl (C=O) groups excluding carboxylic acids is 1. The molecule has 0 unspecified atom stereocenters. The van der Waals surface area contributed by atoms with Crippen molar-refractivity contribution in [3.05, 3.63) is 26.7 Å². The topological polar surface area (TPSA) is 103 Å². The average Bonchev–Trinajstić information content (AvgIpc) is 3.51. The predicted molar refractivity (Wildman–Crippen MR) is 126 cm³/mol. The summed E-state index contributed by atoms with van der Waals surface area (Å²) in [6.45, 7) is 3.89. The van der Waals surface area contributed by atoms with Crippen molar-refractivity contribution in [2.75, 3.05) is 11.1 Å². The third kappa shape index (κ3) is 4.10. The molecule has 1 saturated carbocycles. The fourth-order valence-corrected chi connectivity index (χ4v) is 6.76. The highest BCUT2D eigenvalue weighted by Gasteiger charge is 2.27. The van der Waals surface area contributed by atoms with Crippen molar-refractivity contribution in [3.63, 3.8) is 0 Å². The van der Waals surface area contributed by atoms with E-state index < -0.39 is 0 Å². The zero-order valence-corrected chi connectivity index (χ0v) is 20.0. The van der Waals surface area contributed by atoms with Gasteiger partial charge in [-0.3, -0.25) is 19.5 Å². The quantitative estimate of drug-likeness (QED) is 0.409. The van der Waals surface area contributed by atoms with E-state index in [2.05, 4.69) is 15.5 Å². The molecule has 3 aromatic heterocycles. The van der Waals surface area contributed by atoms with Crippen molar-refractivity contribution in [2.24, 2.45) is 0 Å². The average molecular weight is 474 g/mol. The lowest BCUT2D eigenvalue weighted by Crippen LogP contribution is -2.27. The Hall–Kier alpha value is -2.20. The SMILES string of the molecule is CC(C)c1nnc(NC(=O)CSc2nc3sc4c(c3c(=O)n2C2CCCC2)CCCC4)o1. The summed E-state index contributed by atoms with van der Waals surface area (Å²) in [6, 6.07) is 0.260. The van der Waals surface area contributed by atoms with Gasteiger partial charge in [-0.25, -0.2) is 4.98 Å². The number of anilines is 1. The molecule has 2 aliphatic rings. The Morgan fingerprint density at radius 3 is 2.75 bits per heavy atom. The highest BCUT2D eigenvalue weighted by molar-refractivity contribution is 7.99. The second kappa shape index (κ2) is 8.97. The zero-order chi connectivity index (χ0) is 22.2. The van der Waals surface area contributed by atoms with Crippen LogP contribution < -0.4 is 10.9 Å². The molecule has 10 heteroatoms. The minimum absolute atomic E-state index is 0.0719. The van der Waals surface area contributed by atoms with Gasteiger partial charge in [0.25, 0.3) is 5.56 Å². The van der Waals surface area contributed by atoms with Crippen molar-refractivity contribution in [2.45, 2.75) is 82.3 Å². The molecule has 2 aliphatic carbocycles. The zero-order valence-electron chi connectivity index (χ0n) is 18.3. The summed E-state index contributed by atoms with van der Waals surface area (Å²) in [4.78, 5) is 33.2. The molecule has 3 heterocycles. The number of rotatable bonds is 6. The van der Waals surface area contributed by atoms with Gasteiger partial charge in [-0.15, -0.1) is 16.4 Å². The van der Waals surface area contributed by atoms with Crippen LogP contribution in [0.5, 0.6) is 0 Å². The first-order chi connectivity index (χ1) is 15.5. The predicted octanol–water partition coefficient (Wildman–Crippen LogP) is 4.69. The summed E-state index contributed by atoms with van der Waals surface area (Å²) in [5.41, 5.74) is 1.29. The largest absolute Gasteiger partial charge is 0.408 e. The van der Waals surface area contributed by atoms with E-state index in [9.17, 15) is 9.59 Å². The van der Waals surface area contributed by atoms with E-state index in [0.29, 0.717) is 11.0 Å². The number of carbonyl (C=O) groups is 1. The van der Waals surface area contributed by atoms with Gasteiger partial charge < -0.3 is 4.42 Å². The Morgan fingerprint density at radius 1 is 1.22 bits per heavy atom. The van der Waals surface area contributed by atoms with Gasteiger partial charge in [-0.05, 0) is 44.1 Å². The third-order valence-corrected chi connectivity index (χ3v) is 8.33. The molecule has 1 N–H and O–H groups in total. The Balaban J connectivity index is 1.42. The molecule has 0 saturated heterocycles. The maximum Gasteiger partial charge on any atom is 0.322 e. The van der Waals surface area contributed by atoms with E-state index in [-0.39, 0.29) is 35.2 Å². The first kappa shape index (κ1) is 21.6. The summed E-state index contributed by atoms with van der Waals surface area (Å²) < 4.78 is 7.34. The Labute approximate surface area is 194 Å². The molecule has 5 rings (SSSR count). The van der Waals surface area contributed by atoms with Crippen molar-refractivity contribution in [1.29, 1.82) is 0 Å². The fraction of sp³-hybridized carbons (Fsp3) is 0.591. The van der Waals surface area contributed by atoms with Crippen LogP contribution in [0.2, 0.25) is 0 Å². The second-order valence-corrected chi connectivity index (χ2v) is 10.9. The van der Waals surface area contributed by atoms with Crippen LogP contribution in [-0.4, -0.2) is 31.4 Å². The van der Waals surface area contributed by atoms with E-state index >= 15 is 0 Å². The number of hydrogen-bond acceptors (Lipinski definition) is 8. The lowest BCUT2D eigenvalue weighted by atomic mass is 9.97. The highest BCUT2D eigenvalue weighted by atomic mass is 32.2. The number of aromatic nitrogens is 4. The van der Waals surface area contributed by atoms with Crippen LogP contribution in [0.25, 0.3) is 10.2 Å². The van der Waals surface area contributed by atoms with Crippen molar-refractivity contribution in [3.8, 4) is 0 Å². The van der Waals surface area contributed by atoms with Crippen LogP contribution in [0, 0.1) is 0 Å². The van der Waals surface area contributed by atoms with Gasteiger partial charge in [0.15, 0.2) is 5.16 Å². The molecule has 0 aliphatic heterocycles. The maximum absolute atomic E-state index is 13.7. The van der Waals surface area contributed by atoms with Gasteiger partial charge in [0.2, 0.25) is 11.8 Å². The lowest BCUT2D eigenvalue weighted by Gasteiger charge is -2.18. The molecule has 0 radical (unpaired) electrons. The van der Waals surface area contributed by atoms with E-state index in [4.69, 9.17) is 9.40 Å². The number of thioether (sulfide) groups is 1. The molecule has 3 aromatic rings.